The second-order valence-electron chi connectivity index (χ2n) is 24.3. The molecule has 0 spiro atoms. The Morgan fingerprint density at radius 2 is 0.541 bits per heavy atom. The lowest BCUT2D eigenvalue weighted by Crippen LogP contribution is -2.30. The van der Waals surface area contributed by atoms with Crippen molar-refractivity contribution in [2.45, 2.75) is 355 Å². The zero-order chi connectivity index (χ0) is 62.8. The molecule has 0 aromatic rings. The molecule has 0 bridgehead atoms. The number of aliphatic hydroxyl groups excluding tert-OH is 1. The highest BCUT2D eigenvalue weighted by atomic mass is 31.2. The Morgan fingerprint density at radius 1 is 0.318 bits per heavy atom. The van der Waals surface area contributed by atoms with Crippen LogP contribution in [0.5, 0.6) is 0 Å². The Balaban J connectivity index is 5.14. The Morgan fingerprint density at radius 3 is 0.800 bits per heavy atom. The molecular formula is C66H128O17P2. The van der Waals surface area contributed by atoms with Crippen molar-refractivity contribution in [2.24, 2.45) is 5.92 Å². The summed E-state index contributed by atoms with van der Waals surface area (Å²) < 4.78 is 67.9. The maximum absolute atomic E-state index is 13.0. The van der Waals surface area contributed by atoms with Crippen LogP contribution in [-0.2, 0) is 65.4 Å². The van der Waals surface area contributed by atoms with E-state index in [2.05, 4.69) is 34.6 Å². The van der Waals surface area contributed by atoms with Crippen molar-refractivity contribution in [3.8, 4) is 0 Å². The van der Waals surface area contributed by atoms with E-state index in [0.717, 1.165) is 96.3 Å². The molecule has 0 radical (unpaired) electrons. The number of aliphatic hydroxyl groups is 1. The van der Waals surface area contributed by atoms with Gasteiger partial charge >= 0.3 is 39.5 Å². The predicted molar refractivity (Wildman–Crippen MR) is 340 cm³/mol. The summed E-state index contributed by atoms with van der Waals surface area (Å²) in [5, 5.41) is 10.5. The van der Waals surface area contributed by atoms with Gasteiger partial charge < -0.3 is 33.8 Å². The zero-order valence-corrected chi connectivity index (χ0v) is 56.5. The number of unbranched alkanes of at least 4 members (excludes halogenated alkanes) is 38. The summed E-state index contributed by atoms with van der Waals surface area (Å²) in [6, 6.07) is 0. The van der Waals surface area contributed by atoms with Crippen molar-refractivity contribution in [2.75, 3.05) is 39.6 Å². The molecule has 0 aliphatic heterocycles. The Labute approximate surface area is 517 Å². The van der Waals surface area contributed by atoms with Gasteiger partial charge in [-0.2, -0.15) is 0 Å². The molecule has 0 saturated carbocycles. The van der Waals surface area contributed by atoms with Gasteiger partial charge in [0, 0.05) is 25.7 Å². The molecule has 504 valence electrons. The van der Waals surface area contributed by atoms with Crippen molar-refractivity contribution in [1.82, 2.24) is 0 Å². The van der Waals surface area contributed by atoms with E-state index in [1.807, 2.05) is 0 Å². The summed E-state index contributed by atoms with van der Waals surface area (Å²) in [6.45, 7) is 7.03. The summed E-state index contributed by atoms with van der Waals surface area (Å²) in [5.41, 5.74) is 0. The number of hydrogen-bond donors (Lipinski definition) is 3. The second-order valence-corrected chi connectivity index (χ2v) is 27.2. The average molecular weight is 1260 g/mol. The van der Waals surface area contributed by atoms with Gasteiger partial charge in [0.1, 0.15) is 19.3 Å². The molecule has 0 aliphatic rings. The second kappa shape index (κ2) is 59.7. The smallest absolute Gasteiger partial charge is 0.462 e. The van der Waals surface area contributed by atoms with Gasteiger partial charge in [0.15, 0.2) is 12.2 Å². The molecule has 0 heterocycles. The van der Waals surface area contributed by atoms with Crippen LogP contribution in [0.15, 0.2) is 0 Å². The van der Waals surface area contributed by atoms with Gasteiger partial charge in [-0.1, -0.05) is 285 Å². The van der Waals surface area contributed by atoms with Crippen LogP contribution in [0.25, 0.3) is 0 Å². The molecule has 0 amide bonds. The van der Waals surface area contributed by atoms with Gasteiger partial charge in [0.25, 0.3) is 0 Å². The first-order valence-corrected chi connectivity index (χ1v) is 37.6. The van der Waals surface area contributed by atoms with E-state index < -0.39 is 97.5 Å². The number of carbonyl (C=O) groups excluding carboxylic acids is 4. The first kappa shape index (κ1) is 83.1. The summed E-state index contributed by atoms with van der Waals surface area (Å²) in [4.78, 5) is 72.0. The lowest BCUT2D eigenvalue weighted by Gasteiger charge is -2.21. The molecule has 3 N–H and O–H groups in total. The third-order valence-electron chi connectivity index (χ3n) is 15.3. The summed E-state index contributed by atoms with van der Waals surface area (Å²) in [6.07, 6.45) is 45.0. The molecule has 17 nitrogen and oxygen atoms in total. The van der Waals surface area contributed by atoms with Crippen molar-refractivity contribution < 1.29 is 80.2 Å². The van der Waals surface area contributed by atoms with Crippen molar-refractivity contribution >= 4 is 39.5 Å². The Bertz CT molecular complexity index is 1650. The fraction of sp³-hybridized carbons (Fsp3) is 0.939. The molecule has 2 unspecified atom stereocenters. The maximum Gasteiger partial charge on any atom is 0.472 e. The van der Waals surface area contributed by atoms with Crippen LogP contribution in [0.2, 0.25) is 0 Å². The van der Waals surface area contributed by atoms with E-state index in [-0.39, 0.29) is 25.7 Å². The van der Waals surface area contributed by atoms with Gasteiger partial charge in [-0.25, -0.2) is 9.13 Å². The van der Waals surface area contributed by atoms with Gasteiger partial charge in [-0.15, -0.1) is 0 Å². The van der Waals surface area contributed by atoms with Crippen LogP contribution < -0.4 is 0 Å². The van der Waals surface area contributed by atoms with E-state index in [0.29, 0.717) is 31.6 Å². The number of phosphoric acid groups is 2. The van der Waals surface area contributed by atoms with Gasteiger partial charge in [-0.05, 0) is 31.6 Å². The lowest BCUT2D eigenvalue weighted by molar-refractivity contribution is -0.161. The largest absolute Gasteiger partial charge is 0.472 e. The zero-order valence-electron chi connectivity index (χ0n) is 54.7. The molecule has 0 aliphatic carbocycles. The van der Waals surface area contributed by atoms with Crippen molar-refractivity contribution in [3.05, 3.63) is 0 Å². The van der Waals surface area contributed by atoms with Gasteiger partial charge in [0.2, 0.25) is 0 Å². The highest BCUT2D eigenvalue weighted by molar-refractivity contribution is 7.47. The Hall–Kier alpha value is -1.94. The van der Waals surface area contributed by atoms with Crippen LogP contribution in [0.4, 0.5) is 0 Å². The van der Waals surface area contributed by atoms with E-state index in [9.17, 15) is 43.2 Å². The molecule has 0 rings (SSSR count). The summed E-state index contributed by atoms with van der Waals surface area (Å²) >= 11 is 0. The normalized spacial score (nSPS) is 14.2. The molecule has 0 aromatic carbocycles. The minimum Gasteiger partial charge on any atom is -0.462 e. The van der Waals surface area contributed by atoms with E-state index in [1.165, 1.54) is 154 Å². The number of esters is 4. The molecule has 0 aromatic heterocycles. The fourth-order valence-corrected chi connectivity index (χ4v) is 11.5. The SMILES string of the molecule is CCCCCCCCCCCCCCCCCCCCC(=O)O[C@H](COC(=O)CCCCCCCCCCCCCCC)COP(=O)(O)OC[C@@H](O)COP(=O)(O)OC[C@@H](COC(=O)CCCCCCC)OC(=O)CCCCCCCCC(C)C. The van der Waals surface area contributed by atoms with Crippen LogP contribution in [0, 0.1) is 5.92 Å². The van der Waals surface area contributed by atoms with Gasteiger partial charge in [0.05, 0.1) is 26.4 Å². The Kier molecular flexibility index (Phi) is 58.3. The highest BCUT2D eigenvalue weighted by Crippen LogP contribution is 2.45. The number of rotatable bonds is 66. The standard InChI is InChI=1S/C66H128O17P2/c1-6-9-12-15-17-19-21-23-24-25-26-27-29-31-33-35-41-46-51-65(70)82-62(56-77-64(69)50-45-40-34-32-30-28-22-20-18-16-13-10-7-2)58-81-85(74,75)79-54-60(67)53-78-84(72,73)80-57-61(55-76-63(68)49-44-38-14-11-8-3)83-66(71)52-47-42-37-36-39-43-48-59(4)5/h59-62,67H,6-58H2,1-5H3,(H,72,73)(H,74,75)/t60-,61+,62+/m0/s1. The van der Waals surface area contributed by atoms with Crippen molar-refractivity contribution in [3.63, 3.8) is 0 Å². The third kappa shape index (κ3) is 60.7. The summed E-state index contributed by atoms with van der Waals surface area (Å²) in [7, 11) is -9.88. The topological polar surface area (TPSA) is 237 Å². The molecule has 0 fully saturated rings. The molecule has 19 heteroatoms. The maximum atomic E-state index is 13.0. The third-order valence-corrected chi connectivity index (χ3v) is 17.2. The van der Waals surface area contributed by atoms with Crippen LogP contribution >= 0.6 is 15.6 Å². The molecule has 5 atom stereocenters. The van der Waals surface area contributed by atoms with Crippen molar-refractivity contribution in [1.29, 1.82) is 0 Å². The number of carbonyl (C=O) groups is 4. The fourth-order valence-electron chi connectivity index (χ4n) is 9.94. The van der Waals surface area contributed by atoms with E-state index in [1.54, 1.807) is 0 Å². The van der Waals surface area contributed by atoms with E-state index in [4.69, 9.17) is 37.0 Å². The summed E-state index contributed by atoms with van der Waals surface area (Å²) in [5.74, 6) is -1.47. The lowest BCUT2D eigenvalue weighted by atomic mass is 10.0. The average Bonchev–Trinajstić information content (AvgIpc) is 3.58. The predicted octanol–water partition coefficient (Wildman–Crippen LogP) is 18.6. The number of phosphoric ester groups is 2. The highest BCUT2D eigenvalue weighted by Gasteiger charge is 2.30. The first-order valence-electron chi connectivity index (χ1n) is 34.6. The van der Waals surface area contributed by atoms with Crippen LogP contribution in [-0.4, -0.2) is 96.7 Å². The first-order chi connectivity index (χ1) is 41.0. The van der Waals surface area contributed by atoms with E-state index >= 15 is 0 Å². The van der Waals surface area contributed by atoms with Gasteiger partial charge in [-0.3, -0.25) is 37.3 Å². The molecule has 85 heavy (non-hydrogen) atoms. The molecule has 0 saturated heterocycles. The quantitative estimate of drug-likeness (QED) is 0.0222. The number of ether oxygens (including phenoxy) is 4. The minimum absolute atomic E-state index is 0.101. The van der Waals surface area contributed by atoms with Crippen LogP contribution in [0.1, 0.15) is 336 Å². The van der Waals surface area contributed by atoms with Crippen LogP contribution in [0.3, 0.4) is 0 Å². The molecular weight excluding hydrogens is 1130 g/mol. The monoisotopic (exact) mass is 1250 g/mol. The minimum atomic E-state index is -4.95. The number of hydrogen-bond acceptors (Lipinski definition) is 15.